The second-order valence-electron chi connectivity index (χ2n) is 3.38. The first kappa shape index (κ1) is 11.5. The van der Waals surface area contributed by atoms with Crippen LogP contribution in [-0.2, 0) is 11.2 Å². The van der Waals surface area contributed by atoms with Crippen LogP contribution in [0.2, 0.25) is 0 Å². The number of rotatable bonds is 5. The van der Waals surface area contributed by atoms with Crippen LogP contribution in [0.5, 0.6) is 0 Å². The molecule has 0 radical (unpaired) electrons. The van der Waals surface area contributed by atoms with Crippen LogP contribution < -0.4 is 11.1 Å². The van der Waals surface area contributed by atoms with Crippen molar-refractivity contribution in [3.8, 4) is 0 Å². The Balaban J connectivity index is 2.68. The Kier molecular flexibility index (Phi) is 4.12. The van der Waals surface area contributed by atoms with Gasteiger partial charge in [-0.25, -0.2) is 0 Å². The molecule has 1 aromatic carbocycles. The van der Waals surface area contributed by atoms with E-state index in [1.54, 1.807) is 0 Å². The van der Waals surface area contributed by atoms with Crippen LogP contribution >= 0.6 is 0 Å². The molecule has 0 amide bonds. The number of anilines is 1. The first-order valence-electron chi connectivity index (χ1n) is 4.94. The van der Waals surface area contributed by atoms with Crippen LogP contribution in [0, 0.1) is 0 Å². The zero-order chi connectivity index (χ0) is 11.3. The SMILES string of the molecule is CCNc1cccc(C[C@H](N)C(=O)O)c1. The largest absolute Gasteiger partial charge is 0.480 e. The summed E-state index contributed by atoms with van der Waals surface area (Å²) in [5.74, 6) is -0.969. The third-order valence-electron chi connectivity index (χ3n) is 2.08. The topological polar surface area (TPSA) is 75.3 Å². The fraction of sp³-hybridized carbons (Fsp3) is 0.364. The maximum atomic E-state index is 10.6. The zero-order valence-corrected chi connectivity index (χ0v) is 8.73. The van der Waals surface area contributed by atoms with Gasteiger partial charge in [0.1, 0.15) is 6.04 Å². The third kappa shape index (κ3) is 3.59. The van der Waals surface area contributed by atoms with Crippen molar-refractivity contribution in [2.75, 3.05) is 11.9 Å². The summed E-state index contributed by atoms with van der Waals surface area (Å²) in [5, 5.41) is 11.8. The van der Waals surface area contributed by atoms with Crippen molar-refractivity contribution in [3.63, 3.8) is 0 Å². The fourth-order valence-corrected chi connectivity index (χ4v) is 1.35. The standard InChI is InChI=1S/C11H16N2O2/c1-2-13-9-5-3-4-8(6-9)7-10(12)11(14)15/h3-6,10,13H,2,7,12H2,1H3,(H,14,15)/t10-/m0/s1. The van der Waals surface area contributed by atoms with E-state index in [0.717, 1.165) is 17.8 Å². The molecule has 4 N–H and O–H groups in total. The van der Waals surface area contributed by atoms with Crippen LogP contribution in [0.3, 0.4) is 0 Å². The average Bonchev–Trinajstić information content (AvgIpc) is 2.18. The highest BCUT2D eigenvalue weighted by molar-refractivity contribution is 5.73. The van der Waals surface area contributed by atoms with Gasteiger partial charge in [0, 0.05) is 12.2 Å². The molecule has 0 heterocycles. The molecule has 15 heavy (non-hydrogen) atoms. The predicted octanol–water partition coefficient (Wildman–Crippen LogP) is 1.07. The van der Waals surface area contributed by atoms with Crippen LogP contribution in [0.15, 0.2) is 24.3 Å². The molecule has 4 heteroatoms. The van der Waals surface area contributed by atoms with Gasteiger partial charge in [-0.15, -0.1) is 0 Å². The molecule has 0 fully saturated rings. The van der Waals surface area contributed by atoms with Crippen molar-refractivity contribution in [1.82, 2.24) is 0 Å². The highest BCUT2D eigenvalue weighted by atomic mass is 16.4. The van der Waals surface area contributed by atoms with E-state index in [4.69, 9.17) is 10.8 Å². The maximum Gasteiger partial charge on any atom is 0.320 e. The highest BCUT2D eigenvalue weighted by Gasteiger charge is 2.11. The lowest BCUT2D eigenvalue weighted by atomic mass is 10.1. The van der Waals surface area contributed by atoms with E-state index < -0.39 is 12.0 Å². The molecule has 0 aliphatic heterocycles. The van der Waals surface area contributed by atoms with Crippen molar-refractivity contribution in [2.45, 2.75) is 19.4 Å². The summed E-state index contributed by atoms with van der Waals surface area (Å²) < 4.78 is 0. The van der Waals surface area contributed by atoms with Gasteiger partial charge in [0.25, 0.3) is 0 Å². The Bertz CT molecular complexity index is 339. The Hall–Kier alpha value is -1.55. The van der Waals surface area contributed by atoms with E-state index in [0.29, 0.717) is 6.42 Å². The van der Waals surface area contributed by atoms with Crippen LogP contribution in [-0.4, -0.2) is 23.7 Å². The second-order valence-corrected chi connectivity index (χ2v) is 3.38. The molecule has 0 saturated heterocycles. The zero-order valence-electron chi connectivity index (χ0n) is 8.73. The summed E-state index contributed by atoms with van der Waals surface area (Å²) in [7, 11) is 0. The van der Waals surface area contributed by atoms with Crippen molar-refractivity contribution in [2.24, 2.45) is 5.73 Å². The molecule has 0 bridgehead atoms. The Labute approximate surface area is 89.1 Å². The molecule has 4 nitrogen and oxygen atoms in total. The number of hydrogen-bond donors (Lipinski definition) is 3. The number of nitrogens with one attached hydrogen (secondary N) is 1. The molecule has 0 saturated carbocycles. The van der Waals surface area contributed by atoms with Gasteiger partial charge < -0.3 is 16.2 Å². The van der Waals surface area contributed by atoms with Gasteiger partial charge in [0.2, 0.25) is 0 Å². The van der Waals surface area contributed by atoms with Gasteiger partial charge in [0.15, 0.2) is 0 Å². The van der Waals surface area contributed by atoms with E-state index in [2.05, 4.69) is 5.32 Å². The molecule has 0 aromatic heterocycles. The lowest BCUT2D eigenvalue weighted by Gasteiger charge is -2.08. The van der Waals surface area contributed by atoms with Gasteiger partial charge in [-0.05, 0) is 31.0 Å². The minimum Gasteiger partial charge on any atom is -0.480 e. The summed E-state index contributed by atoms with van der Waals surface area (Å²) in [5.41, 5.74) is 7.38. The summed E-state index contributed by atoms with van der Waals surface area (Å²) >= 11 is 0. The van der Waals surface area contributed by atoms with E-state index in [-0.39, 0.29) is 0 Å². The first-order chi connectivity index (χ1) is 7.13. The molecule has 0 unspecified atom stereocenters. The molecule has 1 atom stereocenters. The summed E-state index contributed by atoms with van der Waals surface area (Å²) in [6, 6.07) is 6.80. The van der Waals surface area contributed by atoms with E-state index in [1.807, 2.05) is 31.2 Å². The molecule has 0 aliphatic rings. The molecule has 1 rings (SSSR count). The average molecular weight is 208 g/mol. The molecular formula is C11H16N2O2. The summed E-state index contributed by atoms with van der Waals surface area (Å²) in [6.45, 7) is 2.85. The van der Waals surface area contributed by atoms with Crippen molar-refractivity contribution >= 4 is 11.7 Å². The predicted molar refractivity (Wildman–Crippen MR) is 59.9 cm³/mol. The van der Waals surface area contributed by atoms with Crippen molar-refractivity contribution in [3.05, 3.63) is 29.8 Å². The van der Waals surface area contributed by atoms with Gasteiger partial charge in [-0.2, -0.15) is 0 Å². The minimum atomic E-state index is -0.969. The first-order valence-corrected chi connectivity index (χ1v) is 4.94. The van der Waals surface area contributed by atoms with E-state index in [1.165, 1.54) is 0 Å². The van der Waals surface area contributed by atoms with Crippen LogP contribution in [0.4, 0.5) is 5.69 Å². The minimum absolute atomic E-state index is 0.356. The van der Waals surface area contributed by atoms with Gasteiger partial charge in [-0.1, -0.05) is 12.1 Å². The summed E-state index contributed by atoms with van der Waals surface area (Å²) in [6.07, 6.45) is 0.356. The van der Waals surface area contributed by atoms with Crippen molar-refractivity contribution in [1.29, 1.82) is 0 Å². The van der Waals surface area contributed by atoms with E-state index in [9.17, 15) is 4.79 Å². The molecule has 0 spiro atoms. The Morgan fingerprint density at radius 3 is 2.93 bits per heavy atom. The number of nitrogens with two attached hydrogens (primary N) is 1. The van der Waals surface area contributed by atoms with Crippen LogP contribution in [0.1, 0.15) is 12.5 Å². The molecular weight excluding hydrogens is 192 g/mol. The number of carboxylic acid groups (broad SMARTS) is 1. The molecule has 0 aliphatic carbocycles. The quantitative estimate of drug-likeness (QED) is 0.676. The summed E-state index contributed by atoms with van der Waals surface area (Å²) in [4.78, 5) is 10.6. The van der Waals surface area contributed by atoms with Gasteiger partial charge >= 0.3 is 5.97 Å². The second kappa shape index (κ2) is 5.36. The Morgan fingerprint density at radius 2 is 2.33 bits per heavy atom. The number of hydrogen-bond acceptors (Lipinski definition) is 3. The number of carbonyl (C=O) groups is 1. The smallest absolute Gasteiger partial charge is 0.320 e. The lowest BCUT2D eigenvalue weighted by molar-refractivity contribution is -0.138. The van der Waals surface area contributed by atoms with E-state index >= 15 is 0 Å². The van der Waals surface area contributed by atoms with Crippen LogP contribution in [0.25, 0.3) is 0 Å². The number of benzene rings is 1. The maximum absolute atomic E-state index is 10.6. The number of carboxylic acids is 1. The normalized spacial score (nSPS) is 12.1. The van der Waals surface area contributed by atoms with Crippen molar-refractivity contribution < 1.29 is 9.90 Å². The number of aliphatic carboxylic acids is 1. The third-order valence-corrected chi connectivity index (χ3v) is 2.08. The molecule has 82 valence electrons. The monoisotopic (exact) mass is 208 g/mol. The molecule has 1 aromatic rings. The van der Waals surface area contributed by atoms with Gasteiger partial charge in [0.05, 0.1) is 0 Å². The lowest BCUT2D eigenvalue weighted by Crippen LogP contribution is -2.32. The Morgan fingerprint density at radius 1 is 1.60 bits per heavy atom. The fourth-order valence-electron chi connectivity index (χ4n) is 1.35. The highest BCUT2D eigenvalue weighted by Crippen LogP contribution is 2.11. The van der Waals surface area contributed by atoms with Gasteiger partial charge in [-0.3, -0.25) is 4.79 Å².